The van der Waals surface area contributed by atoms with E-state index < -0.39 is 11.6 Å². The van der Waals surface area contributed by atoms with Crippen LogP contribution in [-0.4, -0.2) is 10.2 Å². The molecule has 0 aliphatic rings. The van der Waals surface area contributed by atoms with Crippen LogP contribution >= 0.6 is 11.6 Å². The van der Waals surface area contributed by atoms with Gasteiger partial charge >= 0.3 is 0 Å². The molecular weight excluding hydrogens is 314 g/mol. The third kappa shape index (κ3) is 3.23. The molecule has 7 heteroatoms. The van der Waals surface area contributed by atoms with Crippen LogP contribution in [0.15, 0.2) is 46.9 Å². The molecule has 0 radical (unpaired) electrons. The number of ether oxygens (including phenoxy) is 1. The van der Waals surface area contributed by atoms with Crippen molar-refractivity contribution in [2.24, 2.45) is 0 Å². The molecule has 2 aromatic carbocycles. The standard InChI is InChI=1S/C15H9ClF2N2O2/c16-10-3-1-2-9(6-10)15-20-19-14(22-15)8-21-11-4-5-12(17)13(18)7-11/h1-7H,8H2. The number of nitrogens with zero attached hydrogens (tertiary/aromatic N) is 2. The minimum absolute atomic E-state index is 0.0569. The lowest BCUT2D eigenvalue weighted by atomic mass is 10.2. The summed E-state index contributed by atoms with van der Waals surface area (Å²) in [5, 5.41) is 8.26. The smallest absolute Gasteiger partial charge is 0.254 e. The van der Waals surface area contributed by atoms with E-state index in [1.54, 1.807) is 24.3 Å². The Morgan fingerprint density at radius 2 is 1.91 bits per heavy atom. The first-order valence-corrected chi connectivity index (χ1v) is 6.66. The highest BCUT2D eigenvalue weighted by Crippen LogP contribution is 2.22. The summed E-state index contributed by atoms with van der Waals surface area (Å²) in [7, 11) is 0. The Balaban J connectivity index is 1.70. The van der Waals surface area contributed by atoms with Gasteiger partial charge in [0.05, 0.1) is 0 Å². The van der Waals surface area contributed by atoms with Gasteiger partial charge in [-0.25, -0.2) is 8.78 Å². The van der Waals surface area contributed by atoms with Crippen molar-refractivity contribution >= 4 is 11.6 Å². The van der Waals surface area contributed by atoms with Gasteiger partial charge in [0.2, 0.25) is 5.89 Å². The van der Waals surface area contributed by atoms with Gasteiger partial charge in [0.15, 0.2) is 18.2 Å². The maximum Gasteiger partial charge on any atom is 0.254 e. The molecule has 0 unspecified atom stereocenters. The van der Waals surface area contributed by atoms with Crippen molar-refractivity contribution in [2.45, 2.75) is 6.61 Å². The van der Waals surface area contributed by atoms with Crippen LogP contribution in [0.3, 0.4) is 0 Å². The van der Waals surface area contributed by atoms with Crippen molar-refractivity contribution in [1.82, 2.24) is 10.2 Å². The third-order valence-electron chi connectivity index (χ3n) is 2.79. The summed E-state index contributed by atoms with van der Waals surface area (Å²) < 4.78 is 36.6. The fraction of sp³-hybridized carbons (Fsp3) is 0.0667. The largest absolute Gasteiger partial charge is 0.484 e. The molecule has 112 valence electrons. The van der Waals surface area contributed by atoms with Crippen LogP contribution in [0.1, 0.15) is 5.89 Å². The van der Waals surface area contributed by atoms with Crippen molar-refractivity contribution in [2.75, 3.05) is 0 Å². The van der Waals surface area contributed by atoms with E-state index in [1.807, 2.05) is 0 Å². The molecule has 0 bridgehead atoms. The van der Waals surface area contributed by atoms with E-state index >= 15 is 0 Å². The lowest BCUT2D eigenvalue weighted by Gasteiger charge is -2.03. The minimum atomic E-state index is -0.984. The number of hydrogen-bond donors (Lipinski definition) is 0. The minimum Gasteiger partial charge on any atom is -0.484 e. The second-order valence-corrected chi connectivity index (χ2v) is 4.81. The molecule has 0 aliphatic carbocycles. The highest BCUT2D eigenvalue weighted by molar-refractivity contribution is 6.30. The Bertz CT molecular complexity index is 808. The van der Waals surface area contributed by atoms with Gasteiger partial charge in [0, 0.05) is 16.7 Å². The monoisotopic (exact) mass is 322 g/mol. The summed E-state index contributed by atoms with van der Waals surface area (Å²) in [5.41, 5.74) is 0.680. The van der Waals surface area contributed by atoms with Gasteiger partial charge in [0.25, 0.3) is 5.89 Å². The zero-order valence-electron chi connectivity index (χ0n) is 11.1. The Hall–Kier alpha value is -2.47. The van der Waals surface area contributed by atoms with Gasteiger partial charge in [0.1, 0.15) is 5.75 Å². The topological polar surface area (TPSA) is 48.2 Å². The van der Waals surface area contributed by atoms with Gasteiger partial charge in [-0.15, -0.1) is 10.2 Å². The first kappa shape index (κ1) is 14.5. The Morgan fingerprint density at radius 3 is 2.68 bits per heavy atom. The molecule has 0 saturated carbocycles. The van der Waals surface area contributed by atoms with Gasteiger partial charge in [-0.1, -0.05) is 17.7 Å². The van der Waals surface area contributed by atoms with Gasteiger partial charge in [-0.3, -0.25) is 0 Å². The van der Waals surface area contributed by atoms with Crippen LogP contribution in [0.2, 0.25) is 5.02 Å². The number of aromatic nitrogens is 2. The Labute approximate surface area is 129 Å². The van der Waals surface area contributed by atoms with Gasteiger partial charge in [-0.2, -0.15) is 0 Å². The number of halogens is 3. The van der Waals surface area contributed by atoms with E-state index in [-0.39, 0.29) is 18.2 Å². The lowest BCUT2D eigenvalue weighted by molar-refractivity contribution is 0.262. The lowest BCUT2D eigenvalue weighted by Crippen LogP contribution is -1.96. The second-order valence-electron chi connectivity index (χ2n) is 4.38. The average Bonchev–Trinajstić information content (AvgIpc) is 2.97. The van der Waals surface area contributed by atoms with Gasteiger partial charge in [-0.05, 0) is 30.3 Å². The van der Waals surface area contributed by atoms with E-state index in [0.29, 0.717) is 16.5 Å². The average molecular weight is 323 g/mol. The Kier molecular flexibility index (Phi) is 4.02. The predicted octanol–water partition coefficient (Wildman–Crippen LogP) is 4.25. The molecule has 3 aromatic rings. The van der Waals surface area contributed by atoms with Crippen LogP contribution in [-0.2, 0) is 6.61 Å². The van der Waals surface area contributed by atoms with Crippen LogP contribution in [0.4, 0.5) is 8.78 Å². The summed E-state index contributed by atoms with van der Waals surface area (Å²) in [6.07, 6.45) is 0. The van der Waals surface area contributed by atoms with E-state index in [2.05, 4.69) is 10.2 Å². The van der Waals surface area contributed by atoms with Crippen molar-refractivity contribution in [1.29, 1.82) is 0 Å². The molecule has 0 fully saturated rings. The SMILES string of the molecule is Fc1ccc(OCc2nnc(-c3cccc(Cl)c3)o2)cc1F. The molecule has 22 heavy (non-hydrogen) atoms. The van der Waals surface area contributed by atoms with E-state index in [0.717, 1.165) is 12.1 Å². The normalized spacial score (nSPS) is 10.7. The molecule has 0 N–H and O–H groups in total. The first-order valence-electron chi connectivity index (χ1n) is 6.28. The maximum absolute atomic E-state index is 13.0. The molecule has 0 spiro atoms. The first-order chi connectivity index (χ1) is 10.6. The molecule has 1 heterocycles. The van der Waals surface area contributed by atoms with Crippen molar-refractivity contribution in [3.8, 4) is 17.2 Å². The fourth-order valence-corrected chi connectivity index (χ4v) is 1.95. The van der Waals surface area contributed by atoms with E-state index in [1.165, 1.54) is 6.07 Å². The fourth-order valence-electron chi connectivity index (χ4n) is 1.76. The maximum atomic E-state index is 13.0. The summed E-state index contributed by atoms with van der Waals surface area (Å²) in [6, 6.07) is 10.2. The molecule has 3 rings (SSSR count). The molecule has 1 aromatic heterocycles. The van der Waals surface area contributed by atoms with E-state index in [4.69, 9.17) is 20.8 Å². The molecule has 4 nitrogen and oxygen atoms in total. The van der Waals surface area contributed by atoms with Crippen LogP contribution in [0.5, 0.6) is 5.75 Å². The zero-order valence-corrected chi connectivity index (χ0v) is 11.8. The molecule has 0 amide bonds. The third-order valence-corrected chi connectivity index (χ3v) is 3.03. The van der Waals surface area contributed by atoms with Crippen molar-refractivity contribution < 1.29 is 17.9 Å². The summed E-state index contributed by atoms with van der Waals surface area (Å²) in [5.74, 6) is -1.25. The molecular formula is C15H9ClF2N2O2. The van der Waals surface area contributed by atoms with Crippen LogP contribution < -0.4 is 4.74 Å². The quantitative estimate of drug-likeness (QED) is 0.720. The highest BCUT2D eigenvalue weighted by Gasteiger charge is 2.10. The summed E-state index contributed by atoms with van der Waals surface area (Å²) in [6.45, 7) is -0.0569. The highest BCUT2D eigenvalue weighted by atomic mass is 35.5. The summed E-state index contributed by atoms with van der Waals surface area (Å²) >= 11 is 5.89. The molecule has 0 saturated heterocycles. The second kappa shape index (κ2) is 6.11. The molecule has 0 atom stereocenters. The van der Waals surface area contributed by atoms with Crippen molar-refractivity contribution in [3.63, 3.8) is 0 Å². The van der Waals surface area contributed by atoms with E-state index in [9.17, 15) is 8.78 Å². The molecule has 0 aliphatic heterocycles. The number of hydrogen-bond acceptors (Lipinski definition) is 4. The summed E-state index contributed by atoms with van der Waals surface area (Å²) in [4.78, 5) is 0. The Morgan fingerprint density at radius 1 is 1.05 bits per heavy atom. The number of rotatable bonds is 4. The zero-order chi connectivity index (χ0) is 15.5. The number of benzene rings is 2. The predicted molar refractivity (Wildman–Crippen MR) is 75.4 cm³/mol. The van der Waals surface area contributed by atoms with Crippen LogP contribution in [0.25, 0.3) is 11.5 Å². The van der Waals surface area contributed by atoms with Gasteiger partial charge < -0.3 is 9.15 Å². The van der Waals surface area contributed by atoms with Crippen LogP contribution in [0, 0.1) is 11.6 Å². The van der Waals surface area contributed by atoms with Crippen molar-refractivity contribution in [3.05, 3.63) is 65.0 Å².